The van der Waals surface area contributed by atoms with Crippen molar-refractivity contribution < 1.29 is 17.9 Å². The molecule has 0 bridgehead atoms. The Kier molecular flexibility index (Phi) is 3.86. The molecule has 0 amide bonds. The number of alkyl halides is 3. The fourth-order valence-corrected chi connectivity index (χ4v) is 2.54. The van der Waals surface area contributed by atoms with Crippen molar-refractivity contribution in [1.82, 2.24) is 14.5 Å². The molecule has 0 aliphatic rings. The molecule has 0 unspecified atom stereocenters. The van der Waals surface area contributed by atoms with Gasteiger partial charge < -0.3 is 10.5 Å². The number of nitrogen functional groups attached to an aromatic ring is 1. The Morgan fingerprint density at radius 3 is 2.60 bits per heavy atom. The Hall–Kier alpha value is -3.10. The zero-order valence-corrected chi connectivity index (χ0v) is 13.3. The second-order valence-corrected chi connectivity index (χ2v) is 5.29. The van der Waals surface area contributed by atoms with Gasteiger partial charge in [0.15, 0.2) is 5.82 Å². The Morgan fingerprint density at radius 1 is 1.28 bits per heavy atom. The monoisotopic (exact) mass is 350 g/mol. The summed E-state index contributed by atoms with van der Waals surface area (Å²) in [6, 6.07) is 4.80. The maximum Gasteiger partial charge on any atom is 0.416 e. The summed E-state index contributed by atoms with van der Waals surface area (Å²) in [5.41, 5.74) is 4.74. The van der Waals surface area contributed by atoms with E-state index in [9.17, 15) is 18.0 Å². The van der Waals surface area contributed by atoms with Crippen molar-refractivity contribution in [2.75, 3.05) is 12.8 Å². The third-order valence-electron chi connectivity index (χ3n) is 3.72. The first kappa shape index (κ1) is 16.7. The number of pyridine rings is 1. The third-order valence-corrected chi connectivity index (χ3v) is 3.72. The summed E-state index contributed by atoms with van der Waals surface area (Å²) >= 11 is 0. The van der Waals surface area contributed by atoms with Crippen molar-refractivity contribution >= 4 is 16.9 Å². The summed E-state index contributed by atoms with van der Waals surface area (Å²) in [7, 11) is 1.22. The number of aromatic nitrogens is 3. The van der Waals surface area contributed by atoms with Crippen LogP contribution in [0, 0.1) is 6.92 Å². The van der Waals surface area contributed by atoms with E-state index < -0.39 is 17.3 Å². The van der Waals surface area contributed by atoms with Crippen LogP contribution in [0.15, 0.2) is 35.3 Å². The molecule has 25 heavy (non-hydrogen) atoms. The van der Waals surface area contributed by atoms with Gasteiger partial charge in [0.25, 0.3) is 5.56 Å². The lowest BCUT2D eigenvalue weighted by Gasteiger charge is -2.16. The second kappa shape index (κ2) is 5.76. The molecule has 2 aromatic heterocycles. The molecule has 1 aromatic carbocycles. The molecule has 0 atom stereocenters. The van der Waals surface area contributed by atoms with Gasteiger partial charge in [0.2, 0.25) is 0 Å². The van der Waals surface area contributed by atoms with Gasteiger partial charge in [-0.25, -0.2) is 4.98 Å². The molecule has 3 rings (SSSR count). The molecule has 6 nitrogen and oxygen atoms in total. The van der Waals surface area contributed by atoms with E-state index in [1.54, 1.807) is 19.1 Å². The molecule has 9 heteroatoms. The topological polar surface area (TPSA) is 83.0 Å². The number of aryl methyl sites for hydroxylation is 1. The fourth-order valence-electron chi connectivity index (χ4n) is 2.54. The largest absolute Gasteiger partial charge is 0.494 e. The average Bonchev–Trinajstić information content (AvgIpc) is 2.55. The van der Waals surface area contributed by atoms with Crippen LogP contribution < -0.4 is 16.0 Å². The van der Waals surface area contributed by atoms with E-state index in [0.717, 1.165) is 16.7 Å². The molecule has 0 aliphatic carbocycles. The predicted octanol–water partition coefficient (Wildman–Crippen LogP) is 2.70. The average molecular weight is 350 g/mol. The smallest absolute Gasteiger partial charge is 0.416 e. The van der Waals surface area contributed by atoms with E-state index in [4.69, 9.17) is 10.5 Å². The maximum absolute atomic E-state index is 13.2. The van der Waals surface area contributed by atoms with Gasteiger partial charge in [-0.3, -0.25) is 14.3 Å². The van der Waals surface area contributed by atoms with Gasteiger partial charge >= 0.3 is 6.18 Å². The lowest BCUT2D eigenvalue weighted by molar-refractivity contribution is -0.137. The molecule has 2 N–H and O–H groups in total. The van der Waals surface area contributed by atoms with Crippen LogP contribution in [0.1, 0.15) is 11.3 Å². The number of hydrogen-bond donors (Lipinski definition) is 1. The number of hydrogen-bond acceptors (Lipinski definition) is 5. The van der Waals surface area contributed by atoms with Gasteiger partial charge in [0.05, 0.1) is 29.6 Å². The summed E-state index contributed by atoms with van der Waals surface area (Å²) in [5, 5.41) is 0. The molecule has 0 spiro atoms. The summed E-state index contributed by atoms with van der Waals surface area (Å²) in [5.74, 6) is -0.486. The minimum atomic E-state index is -4.62. The highest BCUT2D eigenvalue weighted by molar-refractivity contribution is 5.85. The van der Waals surface area contributed by atoms with E-state index in [0.29, 0.717) is 11.4 Å². The Bertz CT molecular complexity index is 1030. The highest BCUT2D eigenvalue weighted by atomic mass is 19.4. The lowest BCUT2D eigenvalue weighted by atomic mass is 10.1. The Balaban J connectivity index is 2.53. The van der Waals surface area contributed by atoms with Gasteiger partial charge in [-0.05, 0) is 31.2 Å². The van der Waals surface area contributed by atoms with E-state index in [-0.39, 0.29) is 22.6 Å². The normalized spacial score (nSPS) is 11.7. The van der Waals surface area contributed by atoms with Crippen molar-refractivity contribution in [3.05, 3.63) is 52.1 Å². The van der Waals surface area contributed by atoms with Crippen molar-refractivity contribution in [3.8, 4) is 11.4 Å². The Labute approximate surface area is 139 Å². The molecule has 0 fully saturated rings. The van der Waals surface area contributed by atoms with Gasteiger partial charge in [-0.1, -0.05) is 0 Å². The predicted molar refractivity (Wildman–Crippen MR) is 85.8 cm³/mol. The Morgan fingerprint density at radius 2 is 2.00 bits per heavy atom. The van der Waals surface area contributed by atoms with Crippen molar-refractivity contribution in [1.29, 1.82) is 0 Å². The number of fused-ring (bicyclic) bond motifs is 1. The summed E-state index contributed by atoms with van der Waals surface area (Å²) in [4.78, 5) is 20.5. The zero-order valence-electron chi connectivity index (χ0n) is 13.3. The van der Waals surface area contributed by atoms with E-state index in [1.165, 1.54) is 13.3 Å². The number of methoxy groups -OCH3 is 1. The first-order chi connectivity index (χ1) is 11.7. The van der Waals surface area contributed by atoms with E-state index >= 15 is 0 Å². The molecule has 0 saturated heterocycles. The second-order valence-electron chi connectivity index (χ2n) is 5.29. The number of nitrogens with two attached hydrogens (primary N) is 1. The number of halogens is 3. The lowest BCUT2D eigenvalue weighted by Crippen LogP contribution is -2.25. The SMILES string of the molecule is COc1cc(C(F)(F)F)cc2c1nc(N)c(=O)n2-c1cccnc1C. The molecule has 130 valence electrons. The summed E-state index contributed by atoms with van der Waals surface area (Å²) in [6.45, 7) is 1.63. The van der Waals surface area contributed by atoms with Gasteiger partial charge in [0, 0.05) is 6.20 Å². The number of rotatable bonds is 2. The van der Waals surface area contributed by atoms with Gasteiger partial charge in [0.1, 0.15) is 11.3 Å². The van der Waals surface area contributed by atoms with Crippen LogP contribution in [0.25, 0.3) is 16.7 Å². The maximum atomic E-state index is 13.2. The van der Waals surface area contributed by atoms with Gasteiger partial charge in [-0.15, -0.1) is 0 Å². The van der Waals surface area contributed by atoms with Crippen molar-refractivity contribution in [2.24, 2.45) is 0 Å². The van der Waals surface area contributed by atoms with Crippen LogP contribution in [0.5, 0.6) is 5.75 Å². The molecule has 0 saturated carbocycles. The van der Waals surface area contributed by atoms with Crippen LogP contribution >= 0.6 is 0 Å². The molecule has 3 aromatic rings. The minimum Gasteiger partial charge on any atom is -0.494 e. The standard InChI is InChI=1S/C16H13F3N4O2/c1-8-10(4-3-5-21-8)23-11-6-9(16(17,18)19)7-12(25-2)13(11)22-14(20)15(23)24/h3-7H,1-2H3,(H2,20,22). The van der Waals surface area contributed by atoms with E-state index in [2.05, 4.69) is 9.97 Å². The van der Waals surface area contributed by atoms with Crippen LogP contribution in [-0.2, 0) is 6.18 Å². The number of ether oxygens (including phenoxy) is 1. The zero-order chi connectivity index (χ0) is 18.4. The summed E-state index contributed by atoms with van der Waals surface area (Å²) < 4.78 is 45.8. The quantitative estimate of drug-likeness (QED) is 0.768. The van der Waals surface area contributed by atoms with Crippen molar-refractivity contribution in [2.45, 2.75) is 13.1 Å². The molecular weight excluding hydrogens is 337 g/mol. The first-order valence-corrected chi connectivity index (χ1v) is 7.13. The highest BCUT2D eigenvalue weighted by Gasteiger charge is 2.32. The van der Waals surface area contributed by atoms with Crippen LogP contribution in [0.4, 0.5) is 19.0 Å². The number of nitrogens with zero attached hydrogens (tertiary/aromatic N) is 3. The minimum absolute atomic E-state index is 0.0517. The van der Waals surface area contributed by atoms with Gasteiger partial charge in [-0.2, -0.15) is 13.2 Å². The number of anilines is 1. The summed E-state index contributed by atoms with van der Waals surface area (Å²) in [6.07, 6.45) is -3.11. The molecule has 0 aliphatic heterocycles. The first-order valence-electron chi connectivity index (χ1n) is 7.13. The van der Waals surface area contributed by atoms with Crippen LogP contribution in [0.3, 0.4) is 0 Å². The third kappa shape index (κ3) is 2.77. The number of benzene rings is 1. The molecule has 0 radical (unpaired) electrons. The molecular formula is C16H13F3N4O2. The van der Waals surface area contributed by atoms with Crippen LogP contribution in [0.2, 0.25) is 0 Å². The highest BCUT2D eigenvalue weighted by Crippen LogP contribution is 2.36. The van der Waals surface area contributed by atoms with E-state index in [1.807, 2.05) is 0 Å². The van der Waals surface area contributed by atoms with Crippen molar-refractivity contribution in [3.63, 3.8) is 0 Å². The molecule has 2 heterocycles. The fraction of sp³-hybridized carbons (Fsp3) is 0.188. The van der Waals surface area contributed by atoms with Crippen LogP contribution in [-0.4, -0.2) is 21.6 Å².